The Labute approximate surface area is 135 Å². The topological polar surface area (TPSA) is 22.9 Å². The van der Waals surface area contributed by atoms with Gasteiger partial charge in [-0.3, -0.25) is 0 Å². The zero-order valence-electron chi connectivity index (χ0n) is 14.6. The Bertz CT molecular complexity index is 439. The van der Waals surface area contributed by atoms with Crippen molar-refractivity contribution in [3.8, 4) is 5.75 Å². The number of para-hydroxylation sites is 1. The molecule has 1 N–H and O–H groups in total. The van der Waals surface area contributed by atoms with E-state index in [0.29, 0.717) is 18.1 Å². The monoisotopic (exact) mass is 306 g/mol. The van der Waals surface area contributed by atoms with E-state index in [1.54, 1.807) is 4.90 Å². The molecule has 3 nitrogen and oxygen atoms in total. The summed E-state index contributed by atoms with van der Waals surface area (Å²) in [6.07, 6.45) is 3.01. The maximum atomic E-state index is 6.06. The van der Waals surface area contributed by atoms with Crippen LogP contribution in [0.1, 0.15) is 52.0 Å². The standard InChI is InChI=1S/C19H31NO2/c1-5-15(2)18-9-6-7-10-19(18)21-12-8-11-20-13-16(3)22-17(4)14-20/h6-7,9-10,15-17H,5,8,11-14H2,1-4H3/p+1/t15-,16+,17+/m0/s1. The van der Waals surface area contributed by atoms with Crippen LogP contribution in [0.4, 0.5) is 0 Å². The highest BCUT2D eigenvalue weighted by molar-refractivity contribution is 5.35. The number of hydrogen-bond donors (Lipinski definition) is 1. The van der Waals surface area contributed by atoms with Gasteiger partial charge in [0, 0.05) is 6.42 Å². The minimum absolute atomic E-state index is 0.380. The van der Waals surface area contributed by atoms with Crippen molar-refractivity contribution >= 4 is 0 Å². The van der Waals surface area contributed by atoms with Gasteiger partial charge in [0.2, 0.25) is 0 Å². The summed E-state index contributed by atoms with van der Waals surface area (Å²) in [6, 6.07) is 8.47. The van der Waals surface area contributed by atoms with Crippen LogP contribution in [0.15, 0.2) is 24.3 Å². The van der Waals surface area contributed by atoms with Gasteiger partial charge >= 0.3 is 0 Å². The summed E-state index contributed by atoms with van der Waals surface area (Å²) in [5.74, 6) is 1.62. The zero-order chi connectivity index (χ0) is 15.9. The van der Waals surface area contributed by atoms with Crippen molar-refractivity contribution < 1.29 is 14.4 Å². The fourth-order valence-electron chi connectivity index (χ4n) is 3.34. The van der Waals surface area contributed by atoms with E-state index in [9.17, 15) is 0 Å². The molecule has 1 aliphatic heterocycles. The summed E-state index contributed by atoms with van der Waals surface area (Å²) >= 11 is 0. The molecule has 0 saturated carbocycles. The molecule has 1 heterocycles. The maximum Gasteiger partial charge on any atom is 0.122 e. The van der Waals surface area contributed by atoms with Crippen LogP contribution in [-0.2, 0) is 4.74 Å². The van der Waals surface area contributed by atoms with Crippen LogP contribution >= 0.6 is 0 Å². The lowest BCUT2D eigenvalue weighted by molar-refractivity contribution is -0.915. The van der Waals surface area contributed by atoms with Gasteiger partial charge in [-0.05, 0) is 37.8 Å². The molecule has 0 bridgehead atoms. The second-order valence-electron chi connectivity index (χ2n) is 6.71. The average Bonchev–Trinajstić information content (AvgIpc) is 2.50. The predicted octanol–water partition coefficient (Wildman–Crippen LogP) is 2.66. The van der Waals surface area contributed by atoms with E-state index in [-0.39, 0.29) is 0 Å². The Kier molecular flexibility index (Phi) is 6.71. The lowest BCUT2D eigenvalue weighted by Crippen LogP contribution is -3.15. The van der Waals surface area contributed by atoms with Crippen molar-refractivity contribution in [3.05, 3.63) is 29.8 Å². The molecule has 1 saturated heterocycles. The average molecular weight is 306 g/mol. The molecule has 0 unspecified atom stereocenters. The molecule has 124 valence electrons. The Morgan fingerprint density at radius 3 is 2.59 bits per heavy atom. The molecule has 3 atom stereocenters. The summed E-state index contributed by atoms with van der Waals surface area (Å²) in [5.41, 5.74) is 1.34. The summed E-state index contributed by atoms with van der Waals surface area (Å²) in [6.45, 7) is 13.1. The van der Waals surface area contributed by atoms with Crippen molar-refractivity contribution in [1.82, 2.24) is 0 Å². The molecular formula is C19H32NO2+. The third-order valence-corrected chi connectivity index (χ3v) is 4.61. The predicted molar refractivity (Wildman–Crippen MR) is 90.8 cm³/mol. The van der Waals surface area contributed by atoms with Crippen LogP contribution in [0.5, 0.6) is 5.75 Å². The number of quaternary nitrogens is 1. The first-order valence-electron chi connectivity index (χ1n) is 8.80. The van der Waals surface area contributed by atoms with E-state index in [4.69, 9.17) is 9.47 Å². The Morgan fingerprint density at radius 2 is 1.91 bits per heavy atom. The third-order valence-electron chi connectivity index (χ3n) is 4.61. The van der Waals surface area contributed by atoms with Crippen molar-refractivity contribution in [2.45, 2.75) is 58.7 Å². The van der Waals surface area contributed by atoms with Crippen molar-refractivity contribution in [2.24, 2.45) is 0 Å². The van der Waals surface area contributed by atoms with E-state index in [0.717, 1.165) is 38.3 Å². The van der Waals surface area contributed by atoms with E-state index >= 15 is 0 Å². The highest BCUT2D eigenvalue weighted by Gasteiger charge is 2.24. The minimum Gasteiger partial charge on any atom is -0.493 e. The molecule has 0 spiro atoms. The largest absolute Gasteiger partial charge is 0.493 e. The lowest BCUT2D eigenvalue weighted by Gasteiger charge is -2.32. The zero-order valence-corrected chi connectivity index (χ0v) is 14.6. The Balaban J connectivity index is 1.77. The third kappa shape index (κ3) is 4.99. The SMILES string of the molecule is CC[C@H](C)c1ccccc1OCCC[NH+]1C[C@@H](C)O[C@H](C)C1. The minimum atomic E-state index is 0.380. The van der Waals surface area contributed by atoms with Gasteiger partial charge < -0.3 is 14.4 Å². The van der Waals surface area contributed by atoms with Crippen LogP contribution < -0.4 is 9.64 Å². The van der Waals surface area contributed by atoms with Gasteiger partial charge in [-0.2, -0.15) is 0 Å². The van der Waals surface area contributed by atoms with Crippen LogP contribution in [0.25, 0.3) is 0 Å². The number of morpholine rings is 1. The van der Waals surface area contributed by atoms with Gasteiger partial charge in [0.1, 0.15) is 31.0 Å². The number of ether oxygens (including phenoxy) is 2. The summed E-state index contributed by atoms with van der Waals surface area (Å²) in [7, 11) is 0. The number of nitrogens with one attached hydrogen (secondary N) is 1. The summed E-state index contributed by atoms with van der Waals surface area (Å²) < 4.78 is 11.9. The lowest BCUT2D eigenvalue weighted by atomic mass is 9.98. The Morgan fingerprint density at radius 1 is 1.23 bits per heavy atom. The molecule has 1 aromatic carbocycles. The van der Waals surface area contributed by atoms with Crippen LogP contribution in [0, 0.1) is 0 Å². The van der Waals surface area contributed by atoms with Gasteiger partial charge in [-0.15, -0.1) is 0 Å². The van der Waals surface area contributed by atoms with Crippen molar-refractivity contribution in [3.63, 3.8) is 0 Å². The first kappa shape index (κ1) is 17.3. The Hall–Kier alpha value is -1.06. The highest BCUT2D eigenvalue weighted by Crippen LogP contribution is 2.28. The van der Waals surface area contributed by atoms with E-state index in [1.165, 1.54) is 12.1 Å². The van der Waals surface area contributed by atoms with E-state index in [1.807, 2.05) is 0 Å². The number of rotatable bonds is 7. The van der Waals surface area contributed by atoms with Crippen molar-refractivity contribution in [2.75, 3.05) is 26.2 Å². The maximum absolute atomic E-state index is 6.06. The first-order valence-corrected chi connectivity index (χ1v) is 8.80. The quantitative estimate of drug-likeness (QED) is 0.783. The highest BCUT2D eigenvalue weighted by atomic mass is 16.5. The second kappa shape index (κ2) is 8.54. The van der Waals surface area contributed by atoms with Gasteiger partial charge in [-0.1, -0.05) is 32.0 Å². The van der Waals surface area contributed by atoms with E-state index in [2.05, 4.69) is 52.0 Å². The number of benzene rings is 1. The molecular weight excluding hydrogens is 274 g/mol. The molecule has 0 radical (unpaired) electrons. The van der Waals surface area contributed by atoms with Gasteiger partial charge in [-0.25, -0.2) is 0 Å². The van der Waals surface area contributed by atoms with E-state index < -0.39 is 0 Å². The molecule has 1 fully saturated rings. The molecule has 22 heavy (non-hydrogen) atoms. The van der Waals surface area contributed by atoms with Crippen LogP contribution in [-0.4, -0.2) is 38.4 Å². The molecule has 1 aliphatic rings. The second-order valence-corrected chi connectivity index (χ2v) is 6.71. The summed E-state index contributed by atoms with van der Waals surface area (Å²) in [4.78, 5) is 1.64. The molecule has 2 rings (SSSR count). The van der Waals surface area contributed by atoms with Gasteiger partial charge in [0.15, 0.2) is 0 Å². The molecule has 0 aliphatic carbocycles. The molecule has 1 aromatic rings. The normalized spacial score (nSPS) is 26.6. The molecule has 0 aromatic heterocycles. The smallest absolute Gasteiger partial charge is 0.122 e. The molecule has 0 amide bonds. The summed E-state index contributed by atoms with van der Waals surface area (Å²) in [5, 5.41) is 0. The number of hydrogen-bond acceptors (Lipinski definition) is 2. The first-order chi connectivity index (χ1) is 10.6. The van der Waals surface area contributed by atoms with Gasteiger partial charge in [0.25, 0.3) is 0 Å². The van der Waals surface area contributed by atoms with Crippen molar-refractivity contribution in [1.29, 1.82) is 0 Å². The van der Waals surface area contributed by atoms with Gasteiger partial charge in [0.05, 0.1) is 13.2 Å². The fraction of sp³-hybridized carbons (Fsp3) is 0.684. The fourth-order valence-corrected chi connectivity index (χ4v) is 3.34. The van der Waals surface area contributed by atoms with Crippen LogP contribution in [0.3, 0.4) is 0 Å². The van der Waals surface area contributed by atoms with Crippen LogP contribution in [0.2, 0.25) is 0 Å². The molecule has 3 heteroatoms.